The average molecular weight is 636 g/mol. The molecule has 13 heteroatoms. The number of aliphatic hydroxyl groups is 1. The third kappa shape index (κ3) is 7.81. The van der Waals surface area contributed by atoms with Crippen LogP contribution in [0.5, 0.6) is 17.2 Å². The summed E-state index contributed by atoms with van der Waals surface area (Å²) in [5, 5.41) is 20.0. The first kappa shape index (κ1) is 30.6. The number of hydrogen-bond acceptors (Lipinski definition) is 9. The molecule has 0 saturated heterocycles. The minimum Gasteiger partial charge on any atom is -0.490 e. The van der Waals surface area contributed by atoms with Gasteiger partial charge < -0.3 is 34.7 Å². The van der Waals surface area contributed by atoms with Gasteiger partial charge in [0.2, 0.25) is 0 Å². The van der Waals surface area contributed by atoms with E-state index in [4.69, 9.17) is 37.0 Å². The first-order valence-electron chi connectivity index (χ1n) is 12.0. The number of halogens is 2. The van der Waals surface area contributed by atoms with Crippen LogP contribution in [0.2, 0.25) is 5.02 Å². The number of esters is 1. The molecule has 0 unspecified atom stereocenters. The largest absolute Gasteiger partial charge is 0.490 e. The summed E-state index contributed by atoms with van der Waals surface area (Å²) in [5.41, 5.74) is 4.43. The van der Waals surface area contributed by atoms with Gasteiger partial charge in [-0.2, -0.15) is 5.10 Å². The van der Waals surface area contributed by atoms with Gasteiger partial charge in [-0.3, -0.25) is 5.43 Å². The topological polar surface area (TPSA) is 140 Å². The highest BCUT2D eigenvalue weighted by molar-refractivity contribution is 9.10. The van der Waals surface area contributed by atoms with Gasteiger partial charge in [-0.1, -0.05) is 23.6 Å². The van der Waals surface area contributed by atoms with Crippen LogP contribution in [0.1, 0.15) is 31.0 Å². The molecule has 1 heterocycles. The third-order valence-corrected chi connectivity index (χ3v) is 6.30. The predicted molar refractivity (Wildman–Crippen MR) is 152 cm³/mol. The van der Waals surface area contributed by atoms with E-state index >= 15 is 0 Å². The van der Waals surface area contributed by atoms with Crippen molar-refractivity contribution in [3.8, 4) is 29.6 Å². The second kappa shape index (κ2) is 14.5. The Kier molecular flexibility index (Phi) is 11.1. The van der Waals surface area contributed by atoms with Crippen molar-refractivity contribution >= 4 is 45.7 Å². The van der Waals surface area contributed by atoms with Gasteiger partial charge in [-0.25, -0.2) is 9.59 Å². The monoisotopic (exact) mass is 634 g/mol. The third-order valence-electron chi connectivity index (χ3n) is 5.43. The van der Waals surface area contributed by atoms with Crippen molar-refractivity contribution in [2.45, 2.75) is 26.1 Å². The Morgan fingerprint density at radius 2 is 2.08 bits per heavy atom. The number of aliphatic hydroxyl groups excluding tert-OH is 1. The quantitative estimate of drug-likeness (QED) is 0.0912. The fourth-order valence-electron chi connectivity index (χ4n) is 3.73. The zero-order valence-corrected chi connectivity index (χ0v) is 24.3. The van der Waals surface area contributed by atoms with Crippen LogP contribution < -0.4 is 30.3 Å². The van der Waals surface area contributed by atoms with Gasteiger partial charge in [0.15, 0.2) is 23.5 Å². The number of ether oxygens (including phenoxy) is 4. The van der Waals surface area contributed by atoms with Crippen LogP contribution in [-0.2, 0) is 9.53 Å². The van der Waals surface area contributed by atoms with Gasteiger partial charge in [0.1, 0.15) is 13.2 Å². The lowest BCUT2D eigenvalue weighted by Gasteiger charge is -2.28. The second-order valence-electron chi connectivity index (χ2n) is 8.22. The molecule has 0 bridgehead atoms. The number of hydrazone groups is 1. The van der Waals surface area contributed by atoms with Gasteiger partial charge >= 0.3 is 12.0 Å². The summed E-state index contributed by atoms with van der Waals surface area (Å²) in [5.74, 6) is 2.92. The molecule has 0 saturated carbocycles. The number of benzene rings is 2. The zero-order chi connectivity index (χ0) is 29.2. The highest BCUT2D eigenvalue weighted by Gasteiger charge is 2.32. The second-order valence-corrected chi connectivity index (χ2v) is 9.48. The van der Waals surface area contributed by atoms with Crippen molar-refractivity contribution in [1.82, 2.24) is 16.1 Å². The van der Waals surface area contributed by atoms with Crippen LogP contribution in [0.4, 0.5) is 4.79 Å². The number of nitrogens with one attached hydrogen (secondary N) is 3. The van der Waals surface area contributed by atoms with Crippen molar-refractivity contribution in [2.75, 3.05) is 26.9 Å². The van der Waals surface area contributed by atoms with Crippen LogP contribution >= 0.6 is 27.5 Å². The van der Waals surface area contributed by atoms with E-state index in [1.807, 2.05) is 0 Å². The molecule has 40 heavy (non-hydrogen) atoms. The summed E-state index contributed by atoms with van der Waals surface area (Å²) in [4.78, 5) is 24.5. The summed E-state index contributed by atoms with van der Waals surface area (Å²) < 4.78 is 22.4. The van der Waals surface area contributed by atoms with Gasteiger partial charge in [-0.05, 0) is 65.2 Å². The van der Waals surface area contributed by atoms with E-state index in [0.29, 0.717) is 50.2 Å². The summed E-state index contributed by atoms with van der Waals surface area (Å²) in [6.07, 6.45) is 5.52. The Morgan fingerprint density at radius 1 is 1.30 bits per heavy atom. The van der Waals surface area contributed by atoms with Crippen molar-refractivity contribution in [3.05, 3.63) is 62.2 Å². The lowest BCUT2D eigenvalue weighted by Crippen LogP contribution is -2.45. The molecule has 0 radical (unpaired) electrons. The van der Waals surface area contributed by atoms with Crippen LogP contribution in [0.15, 0.2) is 51.2 Å². The molecule has 2 atom stereocenters. The zero-order valence-electron chi connectivity index (χ0n) is 21.9. The van der Waals surface area contributed by atoms with E-state index in [-0.39, 0.29) is 18.8 Å². The molecule has 2 aromatic carbocycles. The molecule has 0 spiro atoms. The molecular formula is C27H28BrClN4O7. The number of methoxy groups -OCH3 is 1. The smallest absolute Gasteiger partial charge is 0.337 e. The summed E-state index contributed by atoms with van der Waals surface area (Å²) in [7, 11) is 1.27. The number of terminal acetylenes is 1. The van der Waals surface area contributed by atoms with Gasteiger partial charge in [0.05, 0.1) is 41.0 Å². The number of nitrogens with zero attached hydrogens (tertiary/aromatic N) is 1. The number of carbonyl (C=O) groups is 2. The Balaban J connectivity index is 1.68. The van der Waals surface area contributed by atoms with E-state index in [1.54, 1.807) is 44.2 Å². The Hall–Kier alpha value is -3.92. The van der Waals surface area contributed by atoms with Crippen molar-refractivity contribution in [3.63, 3.8) is 0 Å². The van der Waals surface area contributed by atoms with Crippen molar-refractivity contribution < 1.29 is 33.6 Å². The van der Waals surface area contributed by atoms with Crippen LogP contribution in [-0.4, -0.2) is 56.5 Å². The standard InChI is InChI=1S/C27H28BrClN4O7/c1-5-9-39-25-18(28)10-16(11-19(25)29)13-30-33-22(34)14-40-20-8-7-17(12-21(20)38-6-2)24-23(26(35)37-4)15(3)31-27(36)32-24/h1,7-8,10-13,22,24,33-34H,6,9,14H2,2-4H3,(H2,31,32,36)/b30-13-/t22-,24-/m1/s1. The normalized spacial score (nSPS) is 15.5. The van der Waals surface area contributed by atoms with Gasteiger partial charge in [0.25, 0.3) is 0 Å². The number of hydrogen-bond donors (Lipinski definition) is 4. The maximum absolute atomic E-state index is 12.4. The van der Waals surface area contributed by atoms with Crippen molar-refractivity contribution in [2.24, 2.45) is 5.10 Å². The molecule has 212 valence electrons. The fourth-order valence-corrected chi connectivity index (χ4v) is 4.71. The van der Waals surface area contributed by atoms with E-state index in [1.165, 1.54) is 13.3 Å². The molecule has 2 amide bonds. The molecule has 0 aliphatic carbocycles. The first-order valence-corrected chi connectivity index (χ1v) is 13.1. The molecule has 3 rings (SSSR count). The van der Waals surface area contributed by atoms with Crippen molar-refractivity contribution in [1.29, 1.82) is 0 Å². The first-order chi connectivity index (χ1) is 19.2. The molecule has 11 nitrogen and oxygen atoms in total. The lowest BCUT2D eigenvalue weighted by molar-refractivity contribution is -0.136. The number of amides is 2. The number of urea groups is 1. The van der Waals surface area contributed by atoms with E-state index in [2.05, 4.69) is 43.0 Å². The highest BCUT2D eigenvalue weighted by atomic mass is 79.9. The van der Waals surface area contributed by atoms with Crippen LogP contribution in [0, 0.1) is 12.3 Å². The van der Waals surface area contributed by atoms with Crippen LogP contribution in [0.3, 0.4) is 0 Å². The Labute approximate surface area is 245 Å². The van der Waals surface area contributed by atoms with Gasteiger partial charge in [-0.15, -0.1) is 6.42 Å². The Bertz CT molecular complexity index is 1340. The van der Waals surface area contributed by atoms with E-state index in [0.717, 1.165) is 0 Å². The molecule has 2 aromatic rings. The van der Waals surface area contributed by atoms with Crippen LogP contribution in [0.25, 0.3) is 0 Å². The van der Waals surface area contributed by atoms with E-state index < -0.39 is 24.3 Å². The minimum atomic E-state index is -1.16. The predicted octanol–water partition coefficient (Wildman–Crippen LogP) is 3.64. The molecule has 1 aliphatic heterocycles. The molecule has 4 N–H and O–H groups in total. The van der Waals surface area contributed by atoms with E-state index in [9.17, 15) is 14.7 Å². The maximum atomic E-state index is 12.4. The fraction of sp³-hybridized carbons (Fsp3) is 0.296. The Morgan fingerprint density at radius 3 is 2.75 bits per heavy atom. The minimum absolute atomic E-state index is 0.0765. The maximum Gasteiger partial charge on any atom is 0.337 e. The molecule has 0 aromatic heterocycles. The number of carbonyl (C=O) groups excluding carboxylic acids is 2. The number of allylic oxidation sites excluding steroid dienone is 1. The molecule has 1 aliphatic rings. The SMILES string of the molecule is C#CCOc1c(Cl)cc(/C=N\N[C@H](O)COc2ccc([C@H]3NC(=O)NC(C)=C3C(=O)OC)cc2OCC)cc1Br. The summed E-state index contributed by atoms with van der Waals surface area (Å²) >= 11 is 9.62. The van der Waals surface area contributed by atoms with Gasteiger partial charge in [0, 0.05) is 5.70 Å². The highest BCUT2D eigenvalue weighted by Crippen LogP contribution is 2.35. The molecular weight excluding hydrogens is 608 g/mol. The average Bonchev–Trinajstić information content (AvgIpc) is 2.91. The summed E-state index contributed by atoms with van der Waals surface area (Å²) in [6, 6.07) is 7.11. The molecule has 0 fully saturated rings. The lowest BCUT2D eigenvalue weighted by atomic mass is 9.95. The number of rotatable bonds is 12. The summed E-state index contributed by atoms with van der Waals surface area (Å²) in [6.45, 7) is 3.65.